The molecule has 8 nitrogen and oxygen atoms in total. The van der Waals surface area contributed by atoms with Crippen molar-refractivity contribution in [1.29, 1.82) is 0 Å². The Morgan fingerprint density at radius 2 is 1.78 bits per heavy atom. The van der Waals surface area contributed by atoms with Crippen LogP contribution in [0.15, 0.2) is 35.7 Å². The first kappa shape index (κ1) is 18.9. The molecule has 1 heterocycles. The fraction of sp³-hybridized carbons (Fsp3) is 0.176. The molecule has 0 unspecified atom stereocenters. The van der Waals surface area contributed by atoms with Gasteiger partial charge in [-0.05, 0) is 42.5 Å². The molecular formula is C17H15ClN4O4S. The predicted molar refractivity (Wildman–Crippen MR) is 100 cm³/mol. The van der Waals surface area contributed by atoms with Crippen molar-refractivity contribution >= 4 is 52.3 Å². The number of anilines is 1. The van der Waals surface area contributed by atoms with E-state index in [1.165, 1.54) is 29.5 Å². The van der Waals surface area contributed by atoms with E-state index >= 15 is 0 Å². The maximum absolute atomic E-state index is 12.4. The minimum absolute atomic E-state index is 0.0225. The zero-order valence-corrected chi connectivity index (χ0v) is 15.4. The summed E-state index contributed by atoms with van der Waals surface area (Å²) in [4.78, 5) is 48.3. The van der Waals surface area contributed by atoms with Crippen molar-refractivity contribution in [2.45, 2.75) is 18.9 Å². The summed E-state index contributed by atoms with van der Waals surface area (Å²) in [7, 11) is 0. The van der Waals surface area contributed by atoms with Crippen LogP contribution in [0.4, 0.5) is 5.69 Å². The van der Waals surface area contributed by atoms with Gasteiger partial charge in [-0.1, -0.05) is 17.7 Å². The van der Waals surface area contributed by atoms with Crippen LogP contribution in [0.5, 0.6) is 0 Å². The Hall–Kier alpha value is -2.91. The molecule has 0 radical (unpaired) electrons. The summed E-state index contributed by atoms with van der Waals surface area (Å²) in [5.41, 5.74) is 4.44. The Bertz CT molecular complexity index is 896. The smallest absolute Gasteiger partial charge is 0.327 e. The molecule has 10 heteroatoms. The zero-order chi connectivity index (χ0) is 19.4. The number of carbonyl (C=O) groups excluding carboxylic acids is 4. The molecule has 0 atom stereocenters. The molecule has 0 aliphatic heterocycles. The average molecular weight is 407 g/mol. The fourth-order valence-electron chi connectivity index (χ4n) is 2.13. The molecule has 3 rings (SSSR count). The number of benzene rings is 1. The molecule has 1 saturated carbocycles. The largest absolute Gasteiger partial charge is 0.345 e. The molecule has 0 spiro atoms. The number of carbonyl (C=O) groups is 4. The van der Waals surface area contributed by atoms with Gasteiger partial charge >= 0.3 is 11.8 Å². The quantitative estimate of drug-likeness (QED) is 0.456. The lowest BCUT2D eigenvalue weighted by molar-refractivity contribution is -0.139. The van der Waals surface area contributed by atoms with Gasteiger partial charge in [0.15, 0.2) is 0 Å². The molecule has 27 heavy (non-hydrogen) atoms. The molecule has 140 valence electrons. The van der Waals surface area contributed by atoms with Crippen molar-refractivity contribution in [3.63, 3.8) is 0 Å². The van der Waals surface area contributed by atoms with Crippen LogP contribution >= 0.6 is 22.9 Å². The van der Waals surface area contributed by atoms with E-state index < -0.39 is 23.6 Å². The Balaban J connectivity index is 1.65. The SMILES string of the molecule is O=C(NNC(=O)c1ccc(Cl)cc1NC(=O)c1cccs1)C(=O)NC1CC1. The highest BCUT2D eigenvalue weighted by Crippen LogP contribution is 2.22. The maximum Gasteiger partial charge on any atom is 0.327 e. The van der Waals surface area contributed by atoms with Crippen LogP contribution in [-0.4, -0.2) is 29.7 Å². The molecule has 1 aliphatic carbocycles. The van der Waals surface area contributed by atoms with E-state index in [1.54, 1.807) is 17.5 Å². The van der Waals surface area contributed by atoms with Crippen molar-refractivity contribution in [2.75, 3.05) is 5.32 Å². The van der Waals surface area contributed by atoms with E-state index in [-0.39, 0.29) is 17.3 Å². The van der Waals surface area contributed by atoms with Gasteiger partial charge in [-0.2, -0.15) is 0 Å². The van der Waals surface area contributed by atoms with Crippen LogP contribution in [0.3, 0.4) is 0 Å². The van der Waals surface area contributed by atoms with Gasteiger partial charge in [0, 0.05) is 11.1 Å². The van der Waals surface area contributed by atoms with Gasteiger partial charge in [0.25, 0.3) is 11.8 Å². The Morgan fingerprint density at radius 1 is 1.00 bits per heavy atom. The molecule has 1 aromatic carbocycles. The Morgan fingerprint density at radius 3 is 2.44 bits per heavy atom. The maximum atomic E-state index is 12.4. The second kappa shape index (κ2) is 8.19. The van der Waals surface area contributed by atoms with E-state index in [9.17, 15) is 19.2 Å². The third-order valence-electron chi connectivity index (χ3n) is 3.63. The summed E-state index contributed by atoms with van der Waals surface area (Å²) < 4.78 is 0. The molecule has 1 aliphatic rings. The molecule has 1 fully saturated rings. The van der Waals surface area contributed by atoms with Gasteiger partial charge in [0.2, 0.25) is 0 Å². The summed E-state index contributed by atoms with van der Waals surface area (Å²) in [5.74, 6) is -2.90. The van der Waals surface area contributed by atoms with Gasteiger partial charge in [-0.3, -0.25) is 30.0 Å². The van der Waals surface area contributed by atoms with Gasteiger partial charge in [-0.15, -0.1) is 11.3 Å². The van der Waals surface area contributed by atoms with Crippen LogP contribution in [0, 0.1) is 0 Å². The van der Waals surface area contributed by atoms with Crippen molar-refractivity contribution in [1.82, 2.24) is 16.2 Å². The van der Waals surface area contributed by atoms with Gasteiger partial charge < -0.3 is 10.6 Å². The van der Waals surface area contributed by atoms with Crippen molar-refractivity contribution in [2.24, 2.45) is 0 Å². The standard InChI is InChI=1S/C17H15ClN4O4S/c18-9-3-6-11(12(8-9)20-15(24)13-2-1-7-27-13)14(23)21-22-17(26)16(25)19-10-4-5-10/h1-3,6-8,10H,4-5H2,(H,19,25)(H,20,24)(H,21,23)(H,22,26). The summed E-state index contributed by atoms with van der Waals surface area (Å²) in [5, 5.41) is 7.19. The summed E-state index contributed by atoms with van der Waals surface area (Å²) >= 11 is 7.20. The summed E-state index contributed by atoms with van der Waals surface area (Å²) in [6.45, 7) is 0. The minimum atomic E-state index is -0.978. The highest BCUT2D eigenvalue weighted by atomic mass is 35.5. The van der Waals surface area contributed by atoms with Crippen molar-refractivity contribution < 1.29 is 19.2 Å². The topological polar surface area (TPSA) is 116 Å². The number of hydrogen-bond donors (Lipinski definition) is 4. The summed E-state index contributed by atoms with van der Waals surface area (Å²) in [6.07, 6.45) is 1.67. The van der Waals surface area contributed by atoms with Crippen LogP contribution in [0.1, 0.15) is 32.9 Å². The van der Waals surface area contributed by atoms with Gasteiger partial charge in [0.1, 0.15) is 0 Å². The predicted octanol–water partition coefficient (Wildman–Crippen LogP) is 1.69. The lowest BCUT2D eigenvalue weighted by atomic mass is 10.1. The molecule has 1 aromatic heterocycles. The van der Waals surface area contributed by atoms with Crippen LogP contribution in [0.2, 0.25) is 5.02 Å². The minimum Gasteiger partial charge on any atom is -0.345 e. The van der Waals surface area contributed by atoms with E-state index in [0.29, 0.717) is 9.90 Å². The van der Waals surface area contributed by atoms with E-state index in [0.717, 1.165) is 12.8 Å². The number of hydrogen-bond acceptors (Lipinski definition) is 5. The molecule has 4 amide bonds. The van der Waals surface area contributed by atoms with Crippen molar-refractivity contribution in [3.05, 3.63) is 51.2 Å². The zero-order valence-electron chi connectivity index (χ0n) is 13.9. The van der Waals surface area contributed by atoms with E-state index in [1.807, 2.05) is 5.43 Å². The molecule has 4 N–H and O–H groups in total. The third kappa shape index (κ3) is 5.05. The molecule has 0 saturated heterocycles. The number of thiophene rings is 1. The first-order valence-electron chi connectivity index (χ1n) is 7.99. The first-order valence-corrected chi connectivity index (χ1v) is 9.25. The first-order chi connectivity index (χ1) is 12.9. The number of halogens is 1. The fourth-order valence-corrected chi connectivity index (χ4v) is 2.92. The Kier molecular flexibility index (Phi) is 5.72. The third-order valence-corrected chi connectivity index (χ3v) is 4.73. The van der Waals surface area contributed by atoms with Crippen LogP contribution in [-0.2, 0) is 9.59 Å². The molecule has 2 aromatic rings. The average Bonchev–Trinajstić information content (AvgIpc) is 3.27. The van der Waals surface area contributed by atoms with E-state index in [4.69, 9.17) is 11.6 Å². The number of amides is 4. The summed E-state index contributed by atoms with van der Waals surface area (Å²) in [6, 6.07) is 7.69. The highest BCUT2D eigenvalue weighted by molar-refractivity contribution is 7.12. The van der Waals surface area contributed by atoms with Crippen LogP contribution < -0.4 is 21.5 Å². The lowest BCUT2D eigenvalue weighted by Gasteiger charge is -2.12. The second-order valence-electron chi connectivity index (χ2n) is 5.78. The number of hydrazine groups is 1. The van der Waals surface area contributed by atoms with Gasteiger partial charge in [0.05, 0.1) is 16.1 Å². The molecular weight excluding hydrogens is 392 g/mol. The second-order valence-corrected chi connectivity index (χ2v) is 7.16. The van der Waals surface area contributed by atoms with E-state index in [2.05, 4.69) is 16.1 Å². The molecule has 0 bridgehead atoms. The number of rotatable bonds is 4. The van der Waals surface area contributed by atoms with Crippen LogP contribution in [0.25, 0.3) is 0 Å². The monoisotopic (exact) mass is 406 g/mol. The Labute approximate surface area is 163 Å². The highest BCUT2D eigenvalue weighted by Gasteiger charge is 2.26. The number of nitrogens with one attached hydrogen (secondary N) is 4. The lowest BCUT2D eigenvalue weighted by Crippen LogP contribution is -2.49. The normalized spacial score (nSPS) is 12.8. The van der Waals surface area contributed by atoms with Gasteiger partial charge in [-0.25, -0.2) is 0 Å². The van der Waals surface area contributed by atoms with Crippen molar-refractivity contribution in [3.8, 4) is 0 Å².